The summed E-state index contributed by atoms with van der Waals surface area (Å²) in [4.78, 5) is 0. The van der Waals surface area contributed by atoms with Gasteiger partial charge in [0, 0.05) is 20.5 Å². The van der Waals surface area contributed by atoms with Gasteiger partial charge in [-0.1, -0.05) is 22.9 Å². The average Bonchev–Trinajstić information content (AvgIpc) is 2.37. The molecular weight excluding hydrogens is 401 g/mol. The Hall–Kier alpha value is -0.0500. The molecule has 0 aliphatic heterocycles. The van der Waals surface area contributed by atoms with E-state index >= 15 is 0 Å². The normalized spacial score (nSPS) is 11.8. The Kier molecular flexibility index (Phi) is 7.96. The maximum Gasteiger partial charge on any atom is 0.0340 e. The van der Waals surface area contributed by atoms with Crippen LogP contribution in [0.15, 0.2) is 22.7 Å². The fourth-order valence-electron chi connectivity index (χ4n) is 1.81. The molecule has 0 aromatic heterocycles. The molecule has 1 nitrogen and oxygen atoms in total. The van der Waals surface area contributed by atoms with E-state index in [-0.39, 0.29) is 0 Å². The van der Waals surface area contributed by atoms with Crippen molar-refractivity contribution in [1.29, 1.82) is 0 Å². The van der Waals surface area contributed by atoms with E-state index in [4.69, 9.17) is 0 Å². The lowest BCUT2D eigenvalue weighted by atomic mass is 10.0. The third-order valence-electron chi connectivity index (χ3n) is 2.71. The van der Waals surface area contributed by atoms with Crippen LogP contribution in [0.25, 0.3) is 0 Å². The van der Waals surface area contributed by atoms with Crippen molar-refractivity contribution in [1.82, 2.24) is 5.32 Å². The van der Waals surface area contributed by atoms with Gasteiger partial charge in [0.15, 0.2) is 0 Å². The molecule has 0 radical (unpaired) electrons. The summed E-state index contributed by atoms with van der Waals surface area (Å²) in [5.74, 6) is 6.12. The molecule has 1 aromatic carbocycles. The summed E-state index contributed by atoms with van der Waals surface area (Å²) in [6, 6.07) is 6.87. The van der Waals surface area contributed by atoms with Gasteiger partial charge in [0.1, 0.15) is 0 Å². The maximum absolute atomic E-state index is 3.62. The van der Waals surface area contributed by atoms with E-state index in [1.807, 2.05) is 6.92 Å². The molecule has 0 saturated carbocycles. The Morgan fingerprint density at radius 3 is 2.89 bits per heavy atom. The highest BCUT2D eigenvalue weighted by Gasteiger charge is 2.13. The van der Waals surface area contributed by atoms with Crippen molar-refractivity contribution in [3.8, 4) is 11.8 Å². The van der Waals surface area contributed by atoms with Gasteiger partial charge in [-0.25, -0.2) is 0 Å². The van der Waals surface area contributed by atoms with Gasteiger partial charge in [-0.3, -0.25) is 0 Å². The quantitative estimate of drug-likeness (QED) is 0.510. The van der Waals surface area contributed by atoms with Gasteiger partial charge >= 0.3 is 0 Å². The molecule has 1 unspecified atom stereocenters. The summed E-state index contributed by atoms with van der Waals surface area (Å²) in [7, 11) is 0. The van der Waals surface area contributed by atoms with E-state index < -0.39 is 0 Å². The number of nitrogens with one attached hydrogen (secondary N) is 1. The minimum Gasteiger partial charge on any atom is -0.310 e. The fraction of sp³-hybridized carbons (Fsp3) is 0.467. The average molecular weight is 420 g/mol. The predicted molar refractivity (Wildman–Crippen MR) is 90.6 cm³/mol. The van der Waals surface area contributed by atoms with Crippen molar-refractivity contribution in [3.05, 3.63) is 31.8 Å². The highest BCUT2D eigenvalue weighted by Crippen LogP contribution is 2.27. The second-order valence-corrected chi connectivity index (χ2v) is 6.22. The largest absolute Gasteiger partial charge is 0.310 e. The Bertz CT molecular complexity index is 434. The Balaban J connectivity index is 2.84. The maximum atomic E-state index is 3.62. The summed E-state index contributed by atoms with van der Waals surface area (Å²) in [5.41, 5.74) is 1.37. The summed E-state index contributed by atoms with van der Waals surface area (Å²) in [5, 5.41) is 3.62. The summed E-state index contributed by atoms with van der Waals surface area (Å²) in [6.07, 6.45) is 3.16. The first-order chi connectivity index (χ1) is 8.69. The van der Waals surface area contributed by atoms with Gasteiger partial charge < -0.3 is 5.32 Å². The Morgan fingerprint density at radius 2 is 2.22 bits per heavy atom. The minimum absolute atomic E-state index is 0.398. The van der Waals surface area contributed by atoms with Crippen LogP contribution in [0, 0.1) is 15.4 Å². The lowest BCUT2D eigenvalue weighted by Gasteiger charge is -2.19. The van der Waals surface area contributed by atoms with Crippen LogP contribution in [0.5, 0.6) is 0 Å². The second-order valence-electron chi connectivity index (χ2n) is 4.14. The molecule has 0 heterocycles. The van der Waals surface area contributed by atoms with Crippen LogP contribution in [-0.4, -0.2) is 6.54 Å². The van der Waals surface area contributed by atoms with E-state index in [1.54, 1.807) is 0 Å². The molecule has 3 heteroatoms. The molecule has 0 aliphatic carbocycles. The molecule has 1 N–H and O–H groups in total. The van der Waals surface area contributed by atoms with Crippen molar-refractivity contribution < 1.29 is 0 Å². The molecule has 1 atom stereocenters. The smallest absolute Gasteiger partial charge is 0.0340 e. The highest BCUT2D eigenvalue weighted by molar-refractivity contribution is 14.1. The lowest BCUT2D eigenvalue weighted by molar-refractivity contribution is 0.503. The third-order valence-corrected chi connectivity index (χ3v) is 4.18. The molecule has 0 fully saturated rings. The summed E-state index contributed by atoms with van der Waals surface area (Å²) in [6.45, 7) is 5.14. The number of rotatable bonds is 6. The molecule has 1 rings (SSSR count). The number of hydrogen-bond acceptors (Lipinski definition) is 1. The predicted octanol–water partition coefficient (Wildman–Crippen LogP) is 4.90. The zero-order valence-electron chi connectivity index (χ0n) is 10.9. The van der Waals surface area contributed by atoms with Crippen LogP contribution in [0.1, 0.15) is 44.7 Å². The highest BCUT2D eigenvalue weighted by atomic mass is 127. The van der Waals surface area contributed by atoms with E-state index in [0.29, 0.717) is 6.04 Å². The van der Waals surface area contributed by atoms with Crippen molar-refractivity contribution in [2.75, 3.05) is 6.54 Å². The van der Waals surface area contributed by atoms with Crippen LogP contribution in [-0.2, 0) is 0 Å². The van der Waals surface area contributed by atoms with Gasteiger partial charge in [-0.15, -0.1) is 11.8 Å². The molecule has 18 heavy (non-hydrogen) atoms. The first kappa shape index (κ1) is 16.0. The molecule has 1 aromatic rings. The molecule has 0 saturated heterocycles. The molecule has 0 spiro atoms. The van der Waals surface area contributed by atoms with Crippen molar-refractivity contribution in [3.63, 3.8) is 0 Å². The molecule has 0 amide bonds. The molecule has 98 valence electrons. The zero-order chi connectivity index (χ0) is 13.4. The fourth-order valence-corrected chi connectivity index (χ4v) is 2.90. The second kappa shape index (κ2) is 8.95. The SMILES string of the molecule is CC#CCCC(NCCC)c1cc(Br)ccc1I. The number of benzene rings is 1. The number of hydrogen-bond donors (Lipinski definition) is 1. The van der Waals surface area contributed by atoms with Crippen molar-refractivity contribution >= 4 is 38.5 Å². The van der Waals surface area contributed by atoms with Gasteiger partial charge in [0.2, 0.25) is 0 Å². The van der Waals surface area contributed by atoms with Crippen LogP contribution >= 0.6 is 38.5 Å². The first-order valence-electron chi connectivity index (χ1n) is 6.27. The summed E-state index contributed by atoms with van der Waals surface area (Å²) >= 11 is 5.96. The third kappa shape index (κ3) is 5.29. The standard InChI is InChI=1S/C15H19BrIN/c1-3-5-6-7-15(18-10-4-2)13-11-12(16)8-9-14(13)17/h8-9,11,15,18H,4,6-7,10H2,1-2H3. The Labute approximate surface area is 132 Å². The van der Waals surface area contributed by atoms with E-state index in [9.17, 15) is 0 Å². The monoisotopic (exact) mass is 419 g/mol. The van der Waals surface area contributed by atoms with Crippen LogP contribution < -0.4 is 5.32 Å². The molecule has 0 aliphatic rings. The van der Waals surface area contributed by atoms with Crippen LogP contribution in [0.3, 0.4) is 0 Å². The molecule has 0 bridgehead atoms. The van der Waals surface area contributed by atoms with Gasteiger partial charge in [0.25, 0.3) is 0 Å². The lowest BCUT2D eigenvalue weighted by Crippen LogP contribution is -2.22. The van der Waals surface area contributed by atoms with E-state index in [2.05, 4.69) is 80.8 Å². The first-order valence-corrected chi connectivity index (χ1v) is 8.14. The Morgan fingerprint density at radius 1 is 1.44 bits per heavy atom. The number of halogens is 2. The van der Waals surface area contributed by atoms with Crippen LogP contribution in [0.2, 0.25) is 0 Å². The topological polar surface area (TPSA) is 12.0 Å². The summed E-state index contributed by atoms with van der Waals surface area (Å²) < 4.78 is 2.46. The van der Waals surface area contributed by atoms with Gasteiger partial charge in [0.05, 0.1) is 0 Å². The van der Waals surface area contributed by atoms with E-state index in [1.165, 1.54) is 9.13 Å². The van der Waals surface area contributed by atoms with Gasteiger partial charge in [-0.05, 0) is 72.7 Å². The van der Waals surface area contributed by atoms with Crippen LogP contribution in [0.4, 0.5) is 0 Å². The zero-order valence-corrected chi connectivity index (χ0v) is 14.6. The molecular formula is C15H19BrIN. The van der Waals surface area contributed by atoms with Crippen molar-refractivity contribution in [2.24, 2.45) is 0 Å². The van der Waals surface area contributed by atoms with Gasteiger partial charge in [-0.2, -0.15) is 0 Å². The minimum atomic E-state index is 0.398. The van der Waals surface area contributed by atoms with E-state index in [0.717, 1.165) is 30.3 Å². The van der Waals surface area contributed by atoms with Crippen molar-refractivity contribution in [2.45, 2.75) is 39.2 Å².